The van der Waals surface area contributed by atoms with Crippen LogP contribution in [0.3, 0.4) is 0 Å². The fourth-order valence-electron chi connectivity index (χ4n) is 0.925. The van der Waals surface area contributed by atoms with Gasteiger partial charge in [0.15, 0.2) is 0 Å². The van der Waals surface area contributed by atoms with Gasteiger partial charge < -0.3 is 10.2 Å². The van der Waals surface area contributed by atoms with E-state index in [0.29, 0.717) is 0 Å². The summed E-state index contributed by atoms with van der Waals surface area (Å²) in [7, 11) is 1.67. The second-order valence-corrected chi connectivity index (χ2v) is 3.38. The summed E-state index contributed by atoms with van der Waals surface area (Å²) in [5.41, 5.74) is 0. The molecule has 1 rings (SSSR count). The fraction of sp³-hybridized carbons (Fsp3) is 0.833. The minimum absolute atomic E-state index is 0.0558. The lowest BCUT2D eigenvalue weighted by Crippen LogP contribution is -2.42. The molecule has 1 saturated heterocycles. The van der Waals surface area contributed by atoms with Crippen molar-refractivity contribution in [2.24, 2.45) is 0 Å². The summed E-state index contributed by atoms with van der Waals surface area (Å²) in [6.07, 6.45) is 0. The van der Waals surface area contributed by atoms with Gasteiger partial charge in [-0.3, -0.25) is 0 Å². The molecule has 0 atom stereocenters. The van der Waals surface area contributed by atoms with Gasteiger partial charge in [0.25, 0.3) is 0 Å². The first-order valence-electron chi connectivity index (χ1n) is 3.39. The molecule has 58 valence electrons. The van der Waals surface area contributed by atoms with Gasteiger partial charge in [0.05, 0.1) is 0 Å². The molecule has 0 aromatic rings. The number of amides is 2. The summed E-state index contributed by atoms with van der Waals surface area (Å²) in [4.78, 5) is 12.8. The smallest absolute Gasteiger partial charge is 0.317 e. The van der Waals surface area contributed by atoms with E-state index in [2.05, 4.69) is 5.32 Å². The van der Waals surface area contributed by atoms with Crippen molar-refractivity contribution < 1.29 is 4.79 Å². The molecule has 1 N–H and O–H groups in total. The van der Waals surface area contributed by atoms with Crippen molar-refractivity contribution in [2.45, 2.75) is 0 Å². The van der Waals surface area contributed by atoms with Crippen LogP contribution in [0.25, 0.3) is 0 Å². The van der Waals surface area contributed by atoms with Gasteiger partial charge in [-0.25, -0.2) is 4.79 Å². The van der Waals surface area contributed by atoms with Crippen LogP contribution in [-0.4, -0.2) is 42.6 Å². The van der Waals surface area contributed by atoms with Crippen molar-refractivity contribution in [3.63, 3.8) is 0 Å². The van der Waals surface area contributed by atoms with Crippen molar-refractivity contribution in [3.8, 4) is 0 Å². The molecule has 1 heterocycles. The number of nitrogens with one attached hydrogen (secondary N) is 1. The monoisotopic (exact) mass is 160 g/mol. The number of thioether (sulfide) groups is 1. The Hall–Kier alpha value is -0.380. The maximum absolute atomic E-state index is 11.0. The van der Waals surface area contributed by atoms with Gasteiger partial charge in [-0.2, -0.15) is 11.8 Å². The molecular weight excluding hydrogens is 148 g/mol. The first-order chi connectivity index (χ1) is 4.84. The Morgan fingerprint density at radius 2 is 2.10 bits per heavy atom. The van der Waals surface area contributed by atoms with Crippen LogP contribution in [0.15, 0.2) is 0 Å². The van der Waals surface area contributed by atoms with E-state index >= 15 is 0 Å². The van der Waals surface area contributed by atoms with Gasteiger partial charge in [0.2, 0.25) is 0 Å². The summed E-state index contributed by atoms with van der Waals surface area (Å²) in [5, 5.41) is 2.61. The van der Waals surface area contributed by atoms with Crippen molar-refractivity contribution in [3.05, 3.63) is 0 Å². The van der Waals surface area contributed by atoms with E-state index in [-0.39, 0.29) is 6.03 Å². The lowest BCUT2D eigenvalue weighted by molar-refractivity contribution is 0.205. The van der Waals surface area contributed by atoms with Crippen molar-refractivity contribution in [2.75, 3.05) is 31.6 Å². The number of hydrogen-bond acceptors (Lipinski definition) is 2. The quantitative estimate of drug-likeness (QED) is 0.555. The van der Waals surface area contributed by atoms with Crippen LogP contribution in [0.2, 0.25) is 0 Å². The van der Waals surface area contributed by atoms with E-state index < -0.39 is 0 Å². The largest absolute Gasteiger partial charge is 0.341 e. The van der Waals surface area contributed by atoms with Crippen LogP contribution in [0.4, 0.5) is 4.79 Å². The molecule has 3 nitrogen and oxygen atoms in total. The number of urea groups is 1. The number of carbonyl (C=O) groups excluding carboxylic acids is 1. The molecular formula is C6H12N2OS. The second-order valence-electron chi connectivity index (χ2n) is 2.15. The lowest BCUT2D eigenvalue weighted by Gasteiger charge is -2.25. The highest BCUT2D eigenvalue weighted by atomic mass is 32.2. The van der Waals surface area contributed by atoms with Crippen LogP contribution < -0.4 is 5.32 Å². The zero-order valence-electron chi connectivity index (χ0n) is 6.09. The van der Waals surface area contributed by atoms with Gasteiger partial charge in [0.1, 0.15) is 0 Å². The molecule has 0 saturated carbocycles. The lowest BCUT2D eigenvalue weighted by atomic mass is 10.5. The molecule has 0 radical (unpaired) electrons. The maximum atomic E-state index is 11.0. The molecule has 0 spiro atoms. The third-order valence-electron chi connectivity index (χ3n) is 1.51. The van der Waals surface area contributed by atoms with Crippen LogP contribution in [0.5, 0.6) is 0 Å². The molecule has 4 heteroatoms. The number of nitrogens with zero attached hydrogens (tertiary/aromatic N) is 1. The van der Waals surface area contributed by atoms with E-state index in [1.165, 1.54) is 0 Å². The summed E-state index contributed by atoms with van der Waals surface area (Å²) >= 11 is 1.90. The van der Waals surface area contributed by atoms with Crippen molar-refractivity contribution in [1.82, 2.24) is 10.2 Å². The Labute approximate surface area is 65.2 Å². The zero-order chi connectivity index (χ0) is 7.40. The zero-order valence-corrected chi connectivity index (χ0v) is 6.91. The highest BCUT2D eigenvalue weighted by Crippen LogP contribution is 2.08. The topological polar surface area (TPSA) is 32.3 Å². The molecule has 1 fully saturated rings. The van der Waals surface area contributed by atoms with E-state index in [9.17, 15) is 4.79 Å². The summed E-state index contributed by atoms with van der Waals surface area (Å²) in [6, 6.07) is 0.0558. The fourth-order valence-corrected chi connectivity index (χ4v) is 1.83. The molecule has 0 bridgehead atoms. The van der Waals surface area contributed by atoms with Crippen LogP contribution in [0, 0.1) is 0 Å². The van der Waals surface area contributed by atoms with Crippen LogP contribution in [-0.2, 0) is 0 Å². The highest BCUT2D eigenvalue weighted by molar-refractivity contribution is 7.99. The van der Waals surface area contributed by atoms with Crippen molar-refractivity contribution >= 4 is 17.8 Å². The van der Waals surface area contributed by atoms with Gasteiger partial charge >= 0.3 is 6.03 Å². The average molecular weight is 160 g/mol. The minimum Gasteiger partial charge on any atom is -0.341 e. The predicted molar refractivity (Wildman–Crippen MR) is 43.4 cm³/mol. The standard InChI is InChI=1S/C6H12N2OS/c1-7-6(9)8-2-4-10-5-3-8/h2-5H2,1H3,(H,7,9). The summed E-state index contributed by atoms with van der Waals surface area (Å²) in [5.74, 6) is 2.15. The highest BCUT2D eigenvalue weighted by Gasteiger charge is 2.13. The molecule has 2 amide bonds. The van der Waals surface area contributed by atoms with E-state index in [1.807, 2.05) is 16.7 Å². The molecule has 1 aliphatic heterocycles. The molecule has 0 aliphatic carbocycles. The number of rotatable bonds is 0. The van der Waals surface area contributed by atoms with E-state index in [0.717, 1.165) is 24.6 Å². The van der Waals surface area contributed by atoms with Gasteiger partial charge in [-0.15, -0.1) is 0 Å². The Bertz CT molecular complexity index is 123. The Morgan fingerprint density at radius 1 is 1.50 bits per heavy atom. The number of hydrogen-bond donors (Lipinski definition) is 1. The van der Waals surface area contributed by atoms with E-state index in [1.54, 1.807) is 7.05 Å². The molecule has 1 aliphatic rings. The third kappa shape index (κ3) is 1.80. The molecule has 10 heavy (non-hydrogen) atoms. The Kier molecular flexibility index (Phi) is 2.86. The normalized spacial score (nSPS) is 18.7. The van der Waals surface area contributed by atoms with Crippen LogP contribution >= 0.6 is 11.8 Å². The average Bonchev–Trinajstić information content (AvgIpc) is 2.05. The van der Waals surface area contributed by atoms with Crippen LogP contribution in [0.1, 0.15) is 0 Å². The SMILES string of the molecule is CNC(=O)N1CCSCC1. The Morgan fingerprint density at radius 3 is 2.60 bits per heavy atom. The van der Waals surface area contributed by atoms with Gasteiger partial charge in [0, 0.05) is 31.6 Å². The maximum Gasteiger partial charge on any atom is 0.317 e. The number of carbonyl (C=O) groups is 1. The van der Waals surface area contributed by atoms with Gasteiger partial charge in [-0.05, 0) is 0 Å². The second kappa shape index (κ2) is 3.71. The summed E-state index contributed by atoms with van der Waals surface area (Å²) in [6.45, 7) is 1.79. The molecule has 0 aromatic carbocycles. The Balaban J connectivity index is 2.31. The molecule has 0 unspecified atom stereocenters. The van der Waals surface area contributed by atoms with Gasteiger partial charge in [-0.1, -0.05) is 0 Å². The predicted octanol–water partition coefficient (Wildman–Crippen LogP) is 0.375. The van der Waals surface area contributed by atoms with Crippen molar-refractivity contribution in [1.29, 1.82) is 0 Å². The minimum atomic E-state index is 0.0558. The molecule has 0 aromatic heterocycles. The first-order valence-corrected chi connectivity index (χ1v) is 4.54. The van der Waals surface area contributed by atoms with E-state index in [4.69, 9.17) is 0 Å². The third-order valence-corrected chi connectivity index (χ3v) is 2.45. The first kappa shape index (κ1) is 7.72. The summed E-state index contributed by atoms with van der Waals surface area (Å²) < 4.78 is 0.